The van der Waals surface area contributed by atoms with E-state index in [4.69, 9.17) is 4.74 Å². The number of pyridine rings is 1. The van der Waals surface area contributed by atoms with Crippen molar-refractivity contribution in [3.05, 3.63) is 82.1 Å². The first-order chi connectivity index (χ1) is 18.3. The Kier molecular flexibility index (Phi) is 8.10. The van der Waals surface area contributed by atoms with Crippen molar-refractivity contribution >= 4 is 23.1 Å². The van der Waals surface area contributed by atoms with E-state index in [1.54, 1.807) is 42.6 Å². The lowest BCUT2D eigenvalue weighted by Gasteiger charge is -2.47. The average Bonchev–Trinajstić information content (AvgIpc) is 3.50. The number of carbonyl (C=O) groups is 1. The number of nitrogens with one attached hydrogen (secondary N) is 1. The third-order valence-electron chi connectivity index (χ3n) is 8.11. The normalized spacial score (nSPS) is 20.0. The summed E-state index contributed by atoms with van der Waals surface area (Å²) in [5, 5.41) is 2.04. The van der Waals surface area contributed by atoms with Gasteiger partial charge < -0.3 is 4.74 Å². The highest BCUT2D eigenvalue weighted by molar-refractivity contribution is 7.10. The van der Waals surface area contributed by atoms with Gasteiger partial charge in [-0.3, -0.25) is 15.2 Å². The molecule has 39 heavy (non-hydrogen) atoms. The molecular weight excluding hydrogens is 530 g/mol. The number of rotatable bonds is 8. The molecule has 0 aliphatic carbocycles. The first-order valence-electron chi connectivity index (χ1n) is 12.8. The van der Waals surface area contributed by atoms with Gasteiger partial charge in [0.15, 0.2) is 5.13 Å². The van der Waals surface area contributed by atoms with Gasteiger partial charge in [0.1, 0.15) is 0 Å². The van der Waals surface area contributed by atoms with Crippen LogP contribution in [-0.4, -0.2) is 40.8 Å². The molecule has 1 N–H and O–H groups in total. The maximum absolute atomic E-state index is 15.0. The van der Waals surface area contributed by atoms with Crippen molar-refractivity contribution in [2.75, 3.05) is 18.4 Å². The molecule has 1 aromatic carbocycles. The highest BCUT2D eigenvalue weighted by atomic mass is 32.1. The van der Waals surface area contributed by atoms with E-state index in [2.05, 4.69) is 10.3 Å². The molecule has 1 amide bonds. The minimum absolute atomic E-state index is 0.0242. The maximum atomic E-state index is 15.0. The van der Waals surface area contributed by atoms with E-state index >= 15 is 13.2 Å². The number of hydrogen-bond donors (Lipinski definition) is 1. The average molecular weight is 564 g/mol. The fourth-order valence-corrected chi connectivity index (χ4v) is 6.09. The summed E-state index contributed by atoms with van der Waals surface area (Å²) >= 11 is 0.918. The number of para-hydroxylation sites is 1. The zero-order valence-corrected chi connectivity index (χ0v) is 23.3. The molecule has 1 aliphatic rings. The molecule has 1 fully saturated rings. The first-order valence-corrected chi connectivity index (χ1v) is 13.6. The quantitative estimate of drug-likeness (QED) is 0.285. The highest BCUT2D eigenvalue weighted by Gasteiger charge is 2.68. The van der Waals surface area contributed by atoms with E-state index < -0.39 is 34.0 Å². The predicted octanol–water partition coefficient (Wildman–Crippen LogP) is 7.72. The number of anilines is 1. The Morgan fingerprint density at radius 1 is 1.10 bits per heavy atom. The minimum Gasteiger partial charge on any atom is -0.433 e. The summed E-state index contributed by atoms with van der Waals surface area (Å²) in [7, 11) is 0. The summed E-state index contributed by atoms with van der Waals surface area (Å²) in [6.45, 7) is 7.13. The SMILES string of the molecule is Cc1ccc(C(C)(C)N2CCC(CCc3ccc(F)s3)(C(C)(OC(=O)Nc3ccccc3)C(F)(F)F)C2)cn1. The number of hydrogen-bond acceptors (Lipinski definition) is 5. The summed E-state index contributed by atoms with van der Waals surface area (Å²) in [4.78, 5) is 19.9. The van der Waals surface area contributed by atoms with Crippen LogP contribution in [0.4, 0.5) is 28.0 Å². The van der Waals surface area contributed by atoms with Crippen LogP contribution in [-0.2, 0) is 16.7 Å². The van der Waals surface area contributed by atoms with Gasteiger partial charge >= 0.3 is 12.3 Å². The first kappa shape index (κ1) is 29.0. The zero-order valence-electron chi connectivity index (χ0n) is 22.4. The van der Waals surface area contributed by atoms with Crippen molar-refractivity contribution in [2.45, 2.75) is 64.3 Å². The molecule has 2 aromatic heterocycles. The molecule has 210 valence electrons. The highest BCUT2D eigenvalue weighted by Crippen LogP contribution is 2.55. The third-order valence-corrected chi connectivity index (χ3v) is 9.04. The van der Waals surface area contributed by atoms with Gasteiger partial charge in [-0.25, -0.2) is 4.79 Å². The summed E-state index contributed by atoms with van der Waals surface area (Å²) in [6.07, 6.45) is -3.88. The standard InChI is InChI=1S/C29H33F4N3O2S/c1-20-10-11-21(18-34-20)26(2,3)36-17-16-28(19-36,15-14-23-12-13-24(30)39-23)27(4,29(31,32)33)38-25(37)35-22-8-6-5-7-9-22/h5-13,18H,14-17,19H2,1-4H3,(H,35,37). The lowest BCUT2D eigenvalue weighted by molar-refractivity contribution is -0.291. The van der Waals surface area contributed by atoms with Crippen LogP contribution in [0.1, 0.15) is 49.7 Å². The molecule has 10 heteroatoms. The number of carbonyl (C=O) groups excluding carboxylic acids is 1. The van der Waals surface area contributed by atoms with Crippen molar-refractivity contribution in [3.8, 4) is 0 Å². The molecule has 1 saturated heterocycles. The Bertz CT molecular complexity index is 1280. The number of ether oxygens (including phenoxy) is 1. The van der Waals surface area contributed by atoms with Crippen molar-refractivity contribution in [1.29, 1.82) is 0 Å². The van der Waals surface area contributed by atoms with Gasteiger partial charge in [0, 0.05) is 40.0 Å². The monoisotopic (exact) mass is 563 g/mol. The molecular formula is C29H33F4N3O2S. The van der Waals surface area contributed by atoms with Crippen LogP contribution in [0.15, 0.2) is 60.8 Å². The minimum atomic E-state index is -4.87. The summed E-state index contributed by atoms with van der Waals surface area (Å²) in [6, 6.07) is 14.9. The molecule has 3 aromatic rings. The van der Waals surface area contributed by atoms with Gasteiger partial charge in [-0.15, -0.1) is 11.3 Å². The number of amides is 1. The molecule has 5 nitrogen and oxygen atoms in total. The Balaban J connectivity index is 1.69. The van der Waals surface area contributed by atoms with Crippen LogP contribution in [0.5, 0.6) is 0 Å². The third kappa shape index (κ3) is 5.96. The van der Waals surface area contributed by atoms with E-state index in [-0.39, 0.29) is 25.8 Å². The number of benzene rings is 1. The van der Waals surface area contributed by atoms with Crippen LogP contribution < -0.4 is 5.32 Å². The van der Waals surface area contributed by atoms with Crippen LogP contribution in [0.25, 0.3) is 0 Å². The molecule has 0 spiro atoms. The largest absolute Gasteiger partial charge is 0.433 e. The van der Waals surface area contributed by atoms with Gasteiger partial charge in [-0.05, 0) is 89.4 Å². The molecule has 3 heterocycles. The summed E-state index contributed by atoms with van der Waals surface area (Å²) in [5.74, 6) is 0. The Morgan fingerprint density at radius 3 is 2.41 bits per heavy atom. The number of halogens is 4. The molecule has 4 rings (SSSR count). The predicted molar refractivity (Wildman–Crippen MR) is 144 cm³/mol. The second-order valence-electron chi connectivity index (χ2n) is 10.8. The topological polar surface area (TPSA) is 54.5 Å². The number of thiophene rings is 1. The molecule has 0 radical (unpaired) electrons. The lowest BCUT2D eigenvalue weighted by Crippen LogP contribution is -2.61. The van der Waals surface area contributed by atoms with Crippen molar-refractivity contribution in [3.63, 3.8) is 0 Å². The van der Waals surface area contributed by atoms with Crippen LogP contribution >= 0.6 is 11.3 Å². The molecule has 2 unspecified atom stereocenters. The number of aryl methyl sites for hydroxylation is 2. The summed E-state index contributed by atoms with van der Waals surface area (Å²) in [5.41, 5.74) is -2.89. The van der Waals surface area contributed by atoms with E-state index in [0.29, 0.717) is 17.1 Å². The zero-order chi connectivity index (χ0) is 28.5. The van der Waals surface area contributed by atoms with E-state index in [9.17, 15) is 9.18 Å². The van der Waals surface area contributed by atoms with E-state index in [0.717, 1.165) is 29.5 Å². The van der Waals surface area contributed by atoms with Gasteiger partial charge in [0.25, 0.3) is 0 Å². The van der Waals surface area contributed by atoms with E-state index in [1.165, 1.54) is 6.07 Å². The van der Waals surface area contributed by atoms with E-state index in [1.807, 2.05) is 37.8 Å². The Hall–Kier alpha value is -2.98. The van der Waals surface area contributed by atoms with Crippen LogP contribution in [0.2, 0.25) is 0 Å². The second-order valence-corrected chi connectivity index (χ2v) is 11.9. The van der Waals surface area contributed by atoms with Crippen molar-refractivity contribution in [2.24, 2.45) is 5.41 Å². The van der Waals surface area contributed by atoms with Gasteiger partial charge in [0.2, 0.25) is 5.60 Å². The maximum Gasteiger partial charge on any atom is 0.428 e. The fourth-order valence-electron chi connectivity index (χ4n) is 5.36. The van der Waals surface area contributed by atoms with Crippen LogP contribution in [0, 0.1) is 17.5 Å². The smallest absolute Gasteiger partial charge is 0.428 e. The number of nitrogens with zero attached hydrogens (tertiary/aromatic N) is 2. The Labute approximate surface area is 230 Å². The molecule has 0 bridgehead atoms. The number of aromatic nitrogens is 1. The molecule has 1 aliphatic heterocycles. The summed E-state index contributed by atoms with van der Waals surface area (Å²) < 4.78 is 64.2. The van der Waals surface area contributed by atoms with Crippen molar-refractivity contribution < 1.29 is 27.1 Å². The number of likely N-dealkylation sites (tertiary alicyclic amines) is 1. The van der Waals surface area contributed by atoms with Gasteiger partial charge in [-0.2, -0.15) is 17.6 Å². The second kappa shape index (κ2) is 10.9. The van der Waals surface area contributed by atoms with Crippen LogP contribution in [0.3, 0.4) is 0 Å². The molecule has 0 saturated carbocycles. The lowest BCUT2D eigenvalue weighted by atomic mass is 9.68. The van der Waals surface area contributed by atoms with Gasteiger partial charge in [-0.1, -0.05) is 24.3 Å². The van der Waals surface area contributed by atoms with Gasteiger partial charge in [0.05, 0.1) is 0 Å². The Morgan fingerprint density at radius 2 is 1.82 bits per heavy atom. The fraction of sp³-hybridized carbons (Fsp3) is 0.448. The molecule has 2 atom stereocenters. The number of alkyl halides is 3. The van der Waals surface area contributed by atoms with Crippen molar-refractivity contribution in [1.82, 2.24) is 9.88 Å².